The molecule has 0 atom stereocenters. The number of rotatable bonds is 4. The van der Waals surface area contributed by atoms with Crippen LogP contribution in [0.3, 0.4) is 0 Å². The lowest BCUT2D eigenvalue weighted by atomic mass is 10.0. The van der Waals surface area contributed by atoms with Crippen LogP contribution in [0.4, 0.5) is 11.6 Å². The quantitative estimate of drug-likeness (QED) is 0.263. The van der Waals surface area contributed by atoms with E-state index < -0.39 is 0 Å². The lowest BCUT2D eigenvalue weighted by molar-refractivity contribution is 0.613. The molecule has 2 aliphatic rings. The fourth-order valence-electron chi connectivity index (χ4n) is 4.01. The Morgan fingerprint density at radius 2 is 1.66 bits per heavy atom. The number of hydrogen-bond acceptors (Lipinski definition) is 6. The molecule has 1 aliphatic heterocycles. The lowest BCUT2D eigenvalue weighted by Crippen LogP contribution is -2.21. The summed E-state index contributed by atoms with van der Waals surface area (Å²) in [5, 5.41) is 2.74. The van der Waals surface area contributed by atoms with Crippen molar-refractivity contribution in [2.45, 2.75) is 20.8 Å². The number of hydrogen-bond donors (Lipinski definition) is 0. The number of fused-ring (bicyclic) bond motifs is 4. The van der Waals surface area contributed by atoms with Crippen LogP contribution in [0.5, 0.6) is 0 Å². The number of aryl methyl sites for hydroxylation is 1. The first-order chi connectivity index (χ1) is 15.2. The van der Waals surface area contributed by atoms with Crippen LogP contribution in [0.2, 0.25) is 0 Å². The van der Waals surface area contributed by atoms with E-state index in [-0.39, 0.29) is 12.4 Å². The molecule has 0 radical (unpaired) electrons. The Kier molecular flexibility index (Phi) is 6.06. The molecule has 3 aromatic rings. The Morgan fingerprint density at radius 3 is 2.38 bits per heavy atom. The van der Waals surface area contributed by atoms with Gasteiger partial charge in [0.1, 0.15) is 11.2 Å². The van der Waals surface area contributed by atoms with E-state index in [1.807, 2.05) is 24.3 Å². The summed E-state index contributed by atoms with van der Waals surface area (Å²) in [6, 6.07) is 16.1. The average Bonchev–Trinajstić information content (AvgIpc) is 2.80. The first-order valence-corrected chi connectivity index (χ1v) is 10.5. The molecule has 0 spiro atoms. The summed E-state index contributed by atoms with van der Waals surface area (Å²) in [7, 11) is 0. The van der Waals surface area contributed by atoms with Crippen molar-refractivity contribution in [2.75, 3.05) is 18.0 Å². The van der Waals surface area contributed by atoms with Crippen molar-refractivity contribution in [1.82, 2.24) is 15.0 Å². The third kappa shape index (κ3) is 3.78. The molecular weight excluding hydrogens is 422 g/mol. The SMILES string of the molecule is CCN(CC)c1cc(C)c2nc3c4ccccc4/c(=N\c4ncccn4)cc-3oc2c1.Cl. The van der Waals surface area contributed by atoms with Gasteiger partial charge in [0.2, 0.25) is 5.95 Å². The summed E-state index contributed by atoms with van der Waals surface area (Å²) in [5.41, 5.74) is 4.72. The molecule has 2 heterocycles. The summed E-state index contributed by atoms with van der Waals surface area (Å²) < 4.78 is 6.40. The highest BCUT2D eigenvalue weighted by Gasteiger charge is 2.17. The molecule has 6 nitrogen and oxygen atoms in total. The van der Waals surface area contributed by atoms with Gasteiger partial charge in [-0.1, -0.05) is 24.3 Å². The minimum Gasteiger partial charge on any atom is -0.453 e. The number of nitrogens with zero attached hydrogens (tertiary/aromatic N) is 5. The first-order valence-electron chi connectivity index (χ1n) is 10.5. The molecule has 1 aromatic heterocycles. The molecule has 7 heteroatoms. The van der Waals surface area contributed by atoms with Crippen LogP contribution in [0.25, 0.3) is 33.3 Å². The topological polar surface area (TPSA) is 67.4 Å². The molecule has 0 saturated carbocycles. The number of aromatic nitrogens is 3. The van der Waals surface area contributed by atoms with Gasteiger partial charge in [0.15, 0.2) is 11.3 Å². The smallest absolute Gasteiger partial charge is 0.249 e. The molecule has 0 fully saturated rings. The van der Waals surface area contributed by atoms with Gasteiger partial charge in [-0.05, 0) is 38.5 Å². The Labute approximate surface area is 192 Å². The van der Waals surface area contributed by atoms with Crippen LogP contribution >= 0.6 is 12.4 Å². The summed E-state index contributed by atoms with van der Waals surface area (Å²) in [6.45, 7) is 8.28. The average molecular weight is 446 g/mol. The standard InChI is InChI=1S/C25H23N5O.ClH/c1-4-30(5-2)17-13-16(3)23-21(14-17)31-22-15-20(28-25-26-11-8-12-27-25)18-9-6-7-10-19(18)24(22)29-23;/h6-15H,4-5H2,1-3H3;1H/b28-20-;. The van der Waals surface area contributed by atoms with Gasteiger partial charge in [-0.15, -0.1) is 12.4 Å². The normalized spacial score (nSPS) is 11.8. The zero-order valence-electron chi connectivity index (χ0n) is 18.2. The van der Waals surface area contributed by atoms with Gasteiger partial charge in [0.25, 0.3) is 0 Å². The van der Waals surface area contributed by atoms with Gasteiger partial charge in [-0.3, -0.25) is 0 Å². The van der Waals surface area contributed by atoms with E-state index in [2.05, 4.69) is 58.8 Å². The van der Waals surface area contributed by atoms with Gasteiger partial charge < -0.3 is 9.32 Å². The third-order valence-electron chi connectivity index (χ3n) is 5.55. The molecule has 32 heavy (non-hydrogen) atoms. The highest BCUT2D eigenvalue weighted by Crippen LogP contribution is 2.33. The first kappa shape index (κ1) is 21.7. The minimum atomic E-state index is 0. The monoisotopic (exact) mass is 445 g/mol. The Hall–Kier alpha value is -3.51. The second-order valence-corrected chi connectivity index (χ2v) is 7.44. The van der Waals surface area contributed by atoms with Crippen LogP contribution in [0, 0.1) is 6.92 Å². The van der Waals surface area contributed by atoms with E-state index in [1.165, 1.54) is 0 Å². The number of halogens is 1. The van der Waals surface area contributed by atoms with Crippen molar-refractivity contribution in [1.29, 1.82) is 0 Å². The number of benzene rings is 3. The maximum atomic E-state index is 6.40. The van der Waals surface area contributed by atoms with E-state index in [0.29, 0.717) is 11.7 Å². The molecular formula is C25H24ClN5O. The van der Waals surface area contributed by atoms with E-state index in [1.54, 1.807) is 18.5 Å². The zero-order chi connectivity index (χ0) is 21.4. The zero-order valence-corrected chi connectivity index (χ0v) is 19.1. The molecule has 5 rings (SSSR count). The Balaban J connectivity index is 0.00000245. The highest BCUT2D eigenvalue weighted by molar-refractivity contribution is 5.97. The molecule has 0 amide bonds. The summed E-state index contributed by atoms with van der Waals surface area (Å²) in [5.74, 6) is 1.11. The second kappa shape index (κ2) is 8.93. The fourth-order valence-corrected chi connectivity index (χ4v) is 4.01. The molecule has 1 aliphatic carbocycles. The number of anilines is 1. The molecule has 2 aromatic carbocycles. The molecule has 0 N–H and O–H groups in total. The van der Waals surface area contributed by atoms with Gasteiger partial charge in [-0.2, -0.15) is 0 Å². The third-order valence-corrected chi connectivity index (χ3v) is 5.55. The van der Waals surface area contributed by atoms with Crippen molar-refractivity contribution in [3.05, 3.63) is 71.8 Å². The van der Waals surface area contributed by atoms with E-state index in [9.17, 15) is 0 Å². The van der Waals surface area contributed by atoms with Crippen molar-refractivity contribution < 1.29 is 4.42 Å². The van der Waals surface area contributed by atoms with Gasteiger partial charge in [0, 0.05) is 54.1 Å². The lowest BCUT2D eigenvalue weighted by Gasteiger charge is -2.22. The van der Waals surface area contributed by atoms with Gasteiger partial charge in [-0.25, -0.2) is 19.9 Å². The maximum Gasteiger partial charge on any atom is 0.249 e. The van der Waals surface area contributed by atoms with Crippen LogP contribution in [0.1, 0.15) is 19.4 Å². The van der Waals surface area contributed by atoms with Crippen molar-refractivity contribution in [3.8, 4) is 11.5 Å². The van der Waals surface area contributed by atoms with Crippen molar-refractivity contribution >= 4 is 45.9 Å². The summed E-state index contributed by atoms with van der Waals surface area (Å²) in [4.78, 5) is 20.5. The minimum absolute atomic E-state index is 0. The molecule has 0 bridgehead atoms. The van der Waals surface area contributed by atoms with Crippen LogP contribution in [-0.2, 0) is 0 Å². The predicted molar refractivity (Wildman–Crippen MR) is 131 cm³/mol. The highest BCUT2D eigenvalue weighted by atomic mass is 35.5. The largest absolute Gasteiger partial charge is 0.453 e. The molecule has 162 valence electrons. The van der Waals surface area contributed by atoms with E-state index in [0.717, 1.165) is 57.3 Å². The molecule has 0 saturated heterocycles. The van der Waals surface area contributed by atoms with Crippen LogP contribution in [0.15, 0.2) is 70.3 Å². The van der Waals surface area contributed by atoms with Crippen LogP contribution < -0.4 is 10.3 Å². The van der Waals surface area contributed by atoms with Crippen LogP contribution in [-0.4, -0.2) is 28.0 Å². The predicted octanol–water partition coefficient (Wildman–Crippen LogP) is 5.68. The second-order valence-electron chi connectivity index (χ2n) is 7.44. The van der Waals surface area contributed by atoms with Gasteiger partial charge >= 0.3 is 0 Å². The Morgan fingerprint density at radius 1 is 0.938 bits per heavy atom. The maximum absolute atomic E-state index is 6.40. The summed E-state index contributed by atoms with van der Waals surface area (Å²) >= 11 is 0. The fraction of sp³-hybridized carbons (Fsp3) is 0.200. The van der Waals surface area contributed by atoms with E-state index >= 15 is 0 Å². The summed E-state index contributed by atoms with van der Waals surface area (Å²) in [6.07, 6.45) is 3.37. The van der Waals surface area contributed by atoms with Crippen molar-refractivity contribution in [3.63, 3.8) is 0 Å². The van der Waals surface area contributed by atoms with Crippen molar-refractivity contribution in [2.24, 2.45) is 4.99 Å². The molecule has 0 unspecified atom stereocenters. The van der Waals surface area contributed by atoms with E-state index in [4.69, 9.17) is 9.40 Å². The Bertz CT molecular complexity index is 1430. The van der Waals surface area contributed by atoms with Gasteiger partial charge in [0.05, 0.1) is 5.36 Å².